The fourth-order valence-corrected chi connectivity index (χ4v) is 6.67. The Hall–Kier alpha value is -2.70. The molecule has 1 aliphatic heterocycles. The van der Waals surface area contributed by atoms with Crippen LogP contribution in [0.4, 0.5) is 14.5 Å². The highest BCUT2D eigenvalue weighted by molar-refractivity contribution is 9.10. The summed E-state index contributed by atoms with van der Waals surface area (Å²) in [5.74, 6) is -2.10. The van der Waals surface area contributed by atoms with E-state index in [1.54, 1.807) is 19.1 Å². The van der Waals surface area contributed by atoms with E-state index in [0.29, 0.717) is 22.0 Å². The van der Waals surface area contributed by atoms with Crippen LogP contribution in [0.3, 0.4) is 0 Å². The third-order valence-electron chi connectivity index (χ3n) is 6.62. The van der Waals surface area contributed by atoms with Crippen LogP contribution >= 0.6 is 39.1 Å². The minimum absolute atomic E-state index is 0.0128. The SMILES string of the molecule is CCc1c(NS(=O)N2CCC(F)C2)ccc(F)c1C(=O)c1cn(C(=O)c2c(Cl)cccc2Cl)c2ncc(Br)cc12. The van der Waals surface area contributed by atoms with E-state index in [9.17, 15) is 18.2 Å². The van der Waals surface area contributed by atoms with Gasteiger partial charge in [-0.3, -0.25) is 18.9 Å². The molecule has 0 amide bonds. The molecule has 0 spiro atoms. The second-order valence-corrected chi connectivity index (χ2v) is 12.0. The second kappa shape index (κ2) is 11.7. The Kier molecular flexibility index (Phi) is 8.40. The first-order valence-corrected chi connectivity index (χ1v) is 14.8. The quantitative estimate of drug-likeness (QED) is 0.221. The molecule has 208 valence electrons. The molecule has 0 aliphatic carbocycles. The number of nitrogens with zero attached hydrogens (tertiary/aromatic N) is 3. The van der Waals surface area contributed by atoms with Crippen molar-refractivity contribution >= 4 is 78.7 Å². The molecular weight excluding hydrogens is 649 g/mol. The van der Waals surface area contributed by atoms with E-state index in [4.69, 9.17) is 23.2 Å². The van der Waals surface area contributed by atoms with Crippen molar-refractivity contribution in [3.05, 3.63) is 91.4 Å². The Balaban J connectivity index is 1.61. The summed E-state index contributed by atoms with van der Waals surface area (Å²) in [5.41, 5.74) is 0.534. The van der Waals surface area contributed by atoms with Gasteiger partial charge in [-0.15, -0.1) is 0 Å². The summed E-state index contributed by atoms with van der Waals surface area (Å²) < 4.78 is 47.8. The molecule has 0 saturated carbocycles. The molecule has 4 aromatic rings. The molecule has 2 atom stereocenters. The van der Waals surface area contributed by atoms with Crippen molar-refractivity contribution in [2.45, 2.75) is 25.9 Å². The highest BCUT2D eigenvalue weighted by Crippen LogP contribution is 2.33. The smallest absolute Gasteiger partial charge is 0.266 e. The molecule has 3 heterocycles. The van der Waals surface area contributed by atoms with Crippen LogP contribution in [-0.4, -0.2) is 49.0 Å². The zero-order chi connectivity index (χ0) is 28.7. The number of fused-ring (bicyclic) bond motifs is 1. The van der Waals surface area contributed by atoms with E-state index in [-0.39, 0.29) is 57.5 Å². The number of benzene rings is 2. The van der Waals surface area contributed by atoms with E-state index >= 15 is 4.39 Å². The lowest BCUT2D eigenvalue weighted by atomic mass is 9.95. The van der Waals surface area contributed by atoms with Crippen molar-refractivity contribution in [3.8, 4) is 0 Å². The summed E-state index contributed by atoms with van der Waals surface area (Å²) in [5, 5.41) is 0.533. The molecule has 40 heavy (non-hydrogen) atoms. The number of hydrogen-bond acceptors (Lipinski definition) is 4. The van der Waals surface area contributed by atoms with Crippen LogP contribution in [0.25, 0.3) is 11.0 Å². The van der Waals surface area contributed by atoms with E-state index in [2.05, 4.69) is 25.6 Å². The lowest BCUT2D eigenvalue weighted by Gasteiger charge is -2.19. The van der Waals surface area contributed by atoms with E-state index in [1.165, 1.54) is 34.9 Å². The Labute approximate surface area is 249 Å². The summed E-state index contributed by atoms with van der Waals surface area (Å²) in [6.07, 6.45) is 2.17. The summed E-state index contributed by atoms with van der Waals surface area (Å²) in [6.45, 7) is 2.05. The average Bonchev–Trinajstić information content (AvgIpc) is 3.52. The van der Waals surface area contributed by atoms with Gasteiger partial charge in [0.05, 0.1) is 32.4 Å². The van der Waals surface area contributed by atoms with Gasteiger partial charge in [0.1, 0.15) is 17.6 Å². The highest BCUT2D eigenvalue weighted by Gasteiger charge is 2.30. The monoisotopic (exact) mass is 668 g/mol. The topological polar surface area (TPSA) is 84.3 Å². The maximum Gasteiger partial charge on any atom is 0.266 e. The number of ketones is 1. The minimum atomic E-state index is -1.79. The standard InChI is InChI=1S/C27H21BrCl2F2N4O3S/c1-2-16-22(34-40(39)35-9-8-15(31)12-35)7-6-21(32)23(16)25(37)18-13-36(26-17(18)10-14(28)11-33-26)27(38)24-19(29)4-3-5-20(24)30/h3-7,10-11,13,15,34H,2,8-9,12H2,1H3. The lowest BCUT2D eigenvalue weighted by Crippen LogP contribution is -2.29. The molecule has 2 aromatic heterocycles. The largest absolute Gasteiger partial charge is 0.292 e. The van der Waals surface area contributed by atoms with Crippen LogP contribution in [0.1, 0.15) is 45.2 Å². The number of carbonyl (C=O) groups is 2. The molecule has 2 aromatic carbocycles. The van der Waals surface area contributed by atoms with Crippen LogP contribution < -0.4 is 4.72 Å². The third-order valence-corrected chi connectivity index (χ3v) is 8.88. The van der Waals surface area contributed by atoms with Crippen LogP contribution in [0, 0.1) is 5.82 Å². The summed E-state index contributed by atoms with van der Waals surface area (Å²) >= 11 is 14.1. The van der Waals surface area contributed by atoms with Gasteiger partial charge in [-0.2, -0.15) is 0 Å². The van der Waals surface area contributed by atoms with Crippen molar-refractivity contribution in [1.29, 1.82) is 0 Å². The molecule has 0 radical (unpaired) electrons. The molecule has 5 rings (SSSR count). The number of anilines is 1. The molecule has 7 nitrogen and oxygen atoms in total. The fourth-order valence-electron chi connectivity index (χ4n) is 4.70. The van der Waals surface area contributed by atoms with Gasteiger partial charge in [0.15, 0.2) is 17.0 Å². The number of hydrogen-bond donors (Lipinski definition) is 1. The van der Waals surface area contributed by atoms with Gasteiger partial charge in [-0.1, -0.05) is 36.2 Å². The van der Waals surface area contributed by atoms with Gasteiger partial charge in [-0.05, 0) is 64.7 Å². The Bertz CT molecular complexity index is 1680. The van der Waals surface area contributed by atoms with Crippen molar-refractivity contribution in [2.75, 3.05) is 17.8 Å². The normalized spacial score (nSPS) is 16.4. The molecule has 1 saturated heterocycles. The van der Waals surface area contributed by atoms with Crippen molar-refractivity contribution in [3.63, 3.8) is 0 Å². The molecule has 1 N–H and O–H groups in total. The Morgan fingerprint density at radius 1 is 1.20 bits per heavy atom. The molecule has 1 fully saturated rings. The molecule has 2 unspecified atom stereocenters. The summed E-state index contributed by atoms with van der Waals surface area (Å²) in [7, 11) is 0. The third kappa shape index (κ3) is 5.33. The number of nitrogens with one attached hydrogen (secondary N) is 1. The summed E-state index contributed by atoms with van der Waals surface area (Å²) in [4.78, 5) is 31.9. The number of aromatic nitrogens is 2. The number of rotatable bonds is 7. The first-order valence-electron chi connectivity index (χ1n) is 12.2. The van der Waals surface area contributed by atoms with Gasteiger partial charge in [0.2, 0.25) is 0 Å². The molecular formula is C27H21BrCl2F2N4O3S. The van der Waals surface area contributed by atoms with Gasteiger partial charge in [0.25, 0.3) is 5.91 Å². The zero-order valence-corrected chi connectivity index (χ0v) is 24.8. The van der Waals surface area contributed by atoms with Crippen LogP contribution in [-0.2, 0) is 17.6 Å². The van der Waals surface area contributed by atoms with E-state index < -0.39 is 34.9 Å². The molecule has 13 heteroatoms. The zero-order valence-electron chi connectivity index (χ0n) is 20.9. The summed E-state index contributed by atoms with van der Waals surface area (Å²) in [6, 6.07) is 8.75. The molecule has 0 bridgehead atoms. The van der Waals surface area contributed by atoms with Crippen molar-refractivity contribution in [2.24, 2.45) is 0 Å². The second-order valence-electron chi connectivity index (χ2n) is 9.10. The van der Waals surface area contributed by atoms with Crippen LogP contribution in [0.2, 0.25) is 10.0 Å². The van der Waals surface area contributed by atoms with Gasteiger partial charge >= 0.3 is 0 Å². The Morgan fingerprint density at radius 2 is 1.93 bits per heavy atom. The fraction of sp³-hybridized carbons (Fsp3) is 0.222. The lowest BCUT2D eigenvalue weighted by molar-refractivity contribution is 0.0964. The van der Waals surface area contributed by atoms with Crippen LogP contribution in [0.15, 0.2) is 53.3 Å². The van der Waals surface area contributed by atoms with E-state index in [1.807, 2.05) is 0 Å². The predicted octanol–water partition coefficient (Wildman–Crippen LogP) is 6.76. The first-order chi connectivity index (χ1) is 19.1. The average molecular weight is 670 g/mol. The number of pyridine rings is 1. The van der Waals surface area contributed by atoms with E-state index in [0.717, 1.165) is 10.6 Å². The predicted molar refractivity (Wildman–Crippen MR) is 156 cm³/mol. The molecule has 1 aliphatic rings. The highest BCUT2D eigenvalue weighted by atomic mass is 79.9. The number of alkyl halides is 1. The van der Waals surface area contributed by atoms with Gasteiger partial charge in [0, 0.05) is 35.3 Å². The maximum absolute atomic E-state index is 15.3. The Morgan fingerprint density at radius 3 is 2.58 bits per heavy atom. The first kappa shape index (κ1) is 28.8. The minimum Gasteiger partial charge on any atom is -0.292 e. The number of carbonyl (C=O) groups excluding carboxylic acids is 2. The van der Waals surface area contributed by atoms with Crippen molar-refractivity contribution < 1.29 is 22.6 Å². The number of halogens is 5. The van der Waals surface area contributed by atoms with Gasteiger partial charge in [-0.25, -0.2) is 22.3 Å². The maximum atomic E-state index is 15.3. The van der Waals surface area contributed by atoms with Crippen molar-refractivity contribution in [1.82, 2.24) is 13.9 Å². The van der Waals surface area contributed by atoms with Gasteiger partial charge < -0.3 is 0 Å². The van der Waals surface area contributed by atoms with Crippen LogP contribution in [0.5, 0.6) is 0 Å².